The van der Waals surface area contributed by atoms with Crippen LogP contribution in [0, 0.1) is 5.92 Å². The molecule has 1 fully saturated rings. The van der Waals surface area contributed by atoms with E-state index < -0.39 is 0 Å². The van der Waals surface area contributed by atoms with Crippen molar-refractivity contribution in [2.45, 2.75) is 31.7 Å². The summed E-state index contributed by atoms with van der Waals surface area (Å²) in [5.41, 5.74) is 2.23. The third-order valence-electron chi connectivity index (χ3n) is 3.44. The molecule has 1 aliphatic carbocycles. The lowest BCUT2D eigenvalue weighted by Gasteiger charge is -2.36. The standard InChI is InChI=1S/C11H13N3O/c15-10-4-2-7-1-3-9-8(11(7)14-10)5-12-6-13-9/h5-7,11H,1-4H2,(H,14,15). The summed E-state index contributed by atoms with van der Waals surface area (Å²) in [6.45, 7) is 0. The van der Waals surface area contributed by atoms with Crippen LogP contribution in [0.3, 0.4) is 0 Å². The highest BCUT2D eigenvalue weighted by atomic mass is 16.1. The molecule has 0 bridgehead atoms. The van der Waals surface area contributed by atoms with Crippen LogP contribution < -0.4 is 5.32 Å². The molecule has 3 rings (SSSR count). The quantitative estimate of drug-likeness (QED) is 0.684. The van der Waals surface area contributed by atoms with Gasteiger partial charge in [0.2, 0.25) is 5.91 Å². The van der Waals surface area contributed by atoms with Gasteiger partial charge in [-0.3, -0.25) is 4.79 Å². The van der Waals surface area contributed by atoms with Crippen LogP contribution in [0.2, 0.25) is 0 Å². The van der Waals surface area contributed by atoms with E-state index in [4.69, 9.17) is 0 Å². The molecule has 2 atom stereocenters. The molecule has 2 heterocycles. The largest absolute Gasteiger partial charge is 0.349 e. The lowest BCUT2D eigenvalue weighted by molar-refractivity contribution is -0.124. The molecule has 0 spiro atoms. The van der Waals surface area contributed by atoms with Crippen LogP contribution in [0.15, 0.2) is 12.5 Å². The maximum Gasteiger partial charge on any atom is 0.220 e. The van der Waals surface area contributed by atoms with E-state index in [0.717, 1.165) is 30.5 Å². The summed E-state index contributed by atoms with van der Waals surface area (Å²) >= 11 is 0. The SMILES string of the molecule is O=C1CCC2CCc3ncncc3C2N1. The van der Waals surface area contributed by atoms with Gasteiger partial charge in [-0.15, -0.1) is 0 Å². The number of carbonyl (C=O) groups is 1. The summed E-state index contributed by atoms with van der Waals surface area (Å²) < 4.78 is 0. The maximum atomic E-state index is 11.4. The van der Waals surface area contributed by atoms with E-state index in [1.54, 1.807) is 6.33 Å². The Balaban J connectivity index is 2.00. The van der Waals surface area contributed by atoms with Gasteiger partial charge in [-0.1, -0.05) is 0 Å². The van der Waals surface area contributed by atoms with Crippen molar-refractivity contribution in [3.8, 4) is 0 Å². The van der Waals surface area contributed by atoms with Crippen molar-refractivity contribution in [2.75, 3.05) is 0 Å². The number of hydrogen-bond donors (Lipinski definition) is 1. The van der Waals surface area contributed by atoms with Crippen LogP contribution in [-0.2, 0) is 11.2 Å². The highest BCUT2D eigenvalue weighted by Crippen LogP contribution is 2.37. The molecule has 1 aliphatic heterocycles. The second-order valence-electron chi connectivity index (χ2n) is 4.31. The molecule has 78 valence electrons. The molecule has 1 aromatic heterocycles. The Kier molecular flexibility index (Phi) is 1.94. The van der Waals surface area contributed by atoms with Crippen molar-refractivity contribution in [3.05, 3.63) is 23.8 Å². The minimum atomic E-state index is 0.160. The van der Waals surface area contributed by atoms with Crippen LogP contribution in [0.1, 0.15) is 36.6 Å². The number of carbonyl (C=O) groups excluding carboxylic acids is 1. The first-order valence-electron chi connectivity index (χ1n) is 5.43. The fraction of sp³-hybridized carbons (Fsp3) is 0.545. The van der Waals surface area contributed by atoms with Gasteiger partial charge < -0.3 is 5.32 Å². The Bertz CT molecular complexity index is 405. The van der Waals surface area contributed by atoms with Crippen LogP contribution in [0.5, 0.6) is 0 Å². The van der Waals surface area contributed by atoms with Gasteiger partial charge in [0.05, 0.1) is 6.04 Å². The van der Waals surface area contributed by atoms with Crippen molar-refractivity contribution in [1.82, 2.24) is 15.3 Å². The first kappa shape index (κ1) is 8.83. The average Bonchev–Trinajstić information content (AvgIpc) is 2.29. The average molecular weight is 203 g/mol. The molecular formula is C11H13N3O. The number of piperidine rings is 1. The molecule has 1 amide bonds. The predicted octanol–water partition coefficient (Wildman–Crippen LogP) is 0.990. The van der Waals surface area contributed by atoms with Crippen LogP contribution in [0.25, 0.3) is 0 Å². The molecule has 15 heavy (non-hydrogen) atoms. The van der Waals surface area contributed by atoms with Gasteiger partial charge in [0.1, 0.15) is 6.33 Å². The summed E-state index contributed by atoms with van der Waals surface area (Å²) in [7, 11) is 0. The number of amides is 1. The third-order valence-corrected chi connectivity index (χ3v) is 3.44. The van der Waals surface area contributed by atoms with E-state index in [1.165, 1.54) is 0 Å². The molecule has 0 aromatic carbocycles. The Morgan fingerprint density at radius 3 is 3.13 bits per heavy atom. The van der Waals surface area contributed by atoms with Gasteiger partial charge in [0.25, 0.3) is 0 Å². The van der Waals surface area contributed by atoms with Crippen molar-refractivity contribution < 1.29 is 4.79 Å². The van der Waals surface area contributed by atoms with E-state index in [0.29, 0.717) is 12.3 Å². The summed E-state index contributed by atoms with van der Waals surface area (Å²) in [6, 6.07) is 0.163. The Hall–Kier alpha value is -1.45. The fourth-order valence-corrected chi connectivity index (χ4v) is 2.65. The zero-order valence-corrected chi connectivity index (χ0v) is 8.44. The summed E-state index contributed by atoms with van der Waals surface area (Å²) in [4.78, 5) is 19.7. The maximum absolute atomic E-state index is 11.4. The van der Waals surface area contributed by atoms with E-state index in [9.17, 15) is 4.79 Å². The van der Waals surface area contributed by atoms with Gasteiger partial charge in [-0.2, -0.15) is 0 Å². The zero-order chi connectivity index (χ0) is 10.3. The van der Waals surface area contributed by atoms with E-state index >= 15 is 0 Å². The molecule has 0 saturated carbocycles. The second-order valence-corrected chi connectivity index (χ2v) is 4.31. The molecule has 4 nitrogen and oxygen atoms in total. The lowest BCUT2D eigenvalue weighted by Crippen LogP contribution is -2.41. The number of rotatable bonds is 0. The Morgan fingerprint density at radius 1 is 1.33 bits per heavy atom. The predicted molar refractivity (Wildman–Crippen MR) is 54.0 cm³/mol. The smallest absolute Gasteiger partial charge is 0.220 e. The van der Waals surface area contributed by atoms with E-state index in [1.807, 2.05) is 6.20 Å². The first-order valence-corrected chi connectivity index (χ1v) is 5.43. The number of hydrogen-bond acceptors (Lipinski definition) is 3. The third kappa shape index (κ3) is 1.40. The number of fused-ring (bicyclic) bond motifs is 3. The number of nitrogens with zero attached hydrogens (tertiary/aromatic N) is 2. The van der Waals surface area contributed by atoms with E-state index in [2.05, 4.69) is 15.3 Å². The minimum absolute atomic E-state index is 0.160. The fourth-order valence-electron chi connectivity index (χ4n) is 2.65. The van der Waals surface area contributed by atoms with E-state index in [-0.39, 0.29) is 11.9 Å². The summed E-state index contributed by atoms with van der Waals surface area (Å²) in [5.74, 6) is 0.745. The highest BCUT2D eigenvalue weighted by molar-refractivity contribution is 5.77. The molecule has 2 aliphatic rings. The second kappa shape index (κ2) is 3.29. The normalized spacial score (nSPS) is 28.9. The van der Waals surface area contributed by atoms with Crippen LogP contribution in [0.4, 0.5) is 0 Å². The molecule has 1 N–H and O–H groups in total. The Morgan fingerprint density at radius 2 is 2.20 bits per heavy atom. The van der Waals surface area contributed by atoms with Gasteiger partial charge in [0.15, 0.2) is 0 Å². The minimum Gasteiger partial charge on any atom is -0.349 e. The highest BCUT2D eigenvalue weighted by Gasteiger charge is 2.34. The Labute approximate surface area is 88.1 Å². The monoisotopic (exact) mass is 203 g/mol. The first-order chi connectivity index (χ1) is 7.34. The molecule has 1 aromatic rings. The zero-order valence-electron chi connectivity index (χ0n) is 8.44. The van der Waals surface area contributed by atoms with Gasteiger partial charge in [-0.05, 0) is 25.2 Å². The topological polar surface area (TPSA) is 54.9 Å². The van der Waals surface area contributed by atoms with Crippen LogP contribution >= 0.6 is 0 Å². The number of aryl methyl sites for hydroxylation is 1. The molecule has 0 radical (unpaired) electrons. The number of aromatic nitrogens is 2. The van der Waals surface area contributed by atoms with Gasteiger partial charge in [0, 0.05) is 23.9 Å². The molecule has 1 saturated heterocycles. The molecule has 4 heteroatoms. The van der Waals surface area contributed by atoms with Crippen molar-refractivity contribution in [2.24, 2.45) is 5.92 Å². The van der Waals surface area contributed by atoms with Crippen molar-refractivity contribution >= 4 is 5.91 Å². The molecule has 2 unspecified atom stereocenters. The molecular weight excluding hydrogens is 190 g/mol. The van der Waals surface area contributed by atoms with Crippen LogP contribution in [-0.4, -0.2) is 15.9 Å². The van der Waals surface area contributed by atoms with Crippen molar-refractivity contribution in [3.63, 3.8) is 0 Å². The number of nitrogens with one attached hydrogen (secondary N) is 1. The van der Waals surface area contributed by atoms with Gasteiger partial charge in [-0.25, -0.2) is 9.97 Å². The summed E-state index contributed by atoms with van der Waals surface area (Å²) in [5, 5.41) is 3.06. The van der Waals surface area contributed by atoms with Gasteiger partial charge >= 0.3 is 0 Å². The summed E-state index contributed by atoms with van der Waals surface area (Å²) in [6.07, 6.45) is 7.27. The van der Waals surface area contributed by atoms with Crippen molar-refractivity contribution in [1.29, 1.82) is 0 Å². The lowest BCUT2D eigenvalue weighted by atomic mass is 9.78.